The lowest BCUT2D eigenvalue weighted by atomic mass is 10.0. The van der Waals surface area contributed by atoms with Gasteiger partial charge in [0.25, 0.3) is 0 Å². The van der Waals surface area contributed by atoms with Crippen LogP contribution in [0.1, 0.15) is 34.1 Å². The highest BCUT2D eigenvalue weighted by Gasteiger charge is 2.15. The lowest BCUT2D eigenvalue weighted by Gasteiger charge is -2.17. The molecule has 20 heavy (non-hydrogen) atoms. The summed E-state index contributed by atoms with van der Waals surface area (Å²) >= 11 is 11.4. The van der Waals surface area contributed by atoms with Crippen molar-refractivity contribution in [3.05, 3.63) is 48.8 Å². The first-order valence-corrected chi connectivity index (χ1v) is 8.61. The van der Waals surface area contributed by atoms with Crippen molar-refractivity contribution < 1.29 is 0 Å². The third-order valence-electron chi connectivity index (χ3n) is 3.25. The minimum atomic E-state index is 0.246. The molecule has 1 unspecified atom stereocenters. The molecule has 108 valence electrons. The molecule has 0 fully saturated rings. The number of thiazole rings is 1. The summed E-state index contributed by atoms with van der Waals surface area (Å²) < 4.78 is 0.930. The first-order chi connectivity index (χ1) is 9.51. The molecule has 0 bridgehead atoms. The van der Waals surface area contributed by atoms with Crippen molar-refractivity contribution in [3.63, 3.8) is 0 Å². The number of hydrogen-bond acceptors (Lipinski definition) is 3. The number of hydrogen-bond donors (Lipinski definition) is 1. The molecule has 0 aliphatic rings. The van der Waals surface area contributed by atoms with E-state index in [0.717, 1.165) is 28.2 Å². The maximum absolute atomic E-state index is 6.20. The zero-order chi connectivity index (χ0) is 14.7. The molecule has 0 spiro atoms. The highest BCUT2D eigenvalue weighted by molar-refractivity contribution is 9.10. The molecule has 2 rings (SSSR count). The molecule has 1 atom stereocenters. The molecule has 0 aliphatic carbocycles. The van der Waals surface area contributed by atoms with Crippen LogP contribution in [0.4, 0.5) is 0 Å². The van der Waals surface area contributed by atoms with Crippen LogP contribution in [-0.4, -0.2) is 11.5 Å². The van der Waals surface area contributed by atoms with Crippen molar-refractivity contribution in [3.8, 4) is 0 Å². The third kappa shape index (κ3) is 3.82. The third-order valence-corrected chi connectivity index (χ3v) is 5.58. The van der Waals surface area contributed by atoms with E-state index in [1.807, 2.05) is 12.1 Å². The van der Waals surface area contributed by atoms with E-state index in [1.54, 1.807) is 11.3 Å². The lowest BCUT2D eigenvalue weighted by Crippen LogP contribution is -2.22. The number of rotatable bonds is 5. The Labute approximate surface area is 137 Å². The second-order valence-corrected chi connectivity index (χ2v) is 7.29. The van der Waals surface area contributed by atoms with E-state index in [1.165, 1.54) is 15.4 Å². The topological polar surface area (TPSA) is 24.9 Å². The summed E-state index contributed by atoms with van der Waals surface area (Å²) in [7, 11) is 0. The van der Waals surface area contributed by atoms with E-state index < -0.39 is 0 Å². The Balaban J connectivity index is 2.23. The second-order valence-electron chi connectivity index (χ2n) is 4.74. The van der Waals surface area contributed by atoms with Crippen LogP contribution in [0.3, 0.4) is 0 Å². The number of halogens is 2. The number of nitrogens with one attached hydrogen (secondary N) is 1. The second kappa shape index (κ2) is 7.03. The van der Waals surface area contributed by atoms with Crippen LogP contribution in [0.25, 0.3) is 0 Å². The van der Waals surface area contributed by atoms with E-state index in [9.17, 15) is 0 Å². The normalized spacial score (nSPS) is 12.7. The molecule has 1 aromatic carbocycles. The molecule has 5 heteroatoms. The molecule has 0 aliphatic heterocycles. The molecule has 2 nitrogen and oxygen atoms in total. The summed E-state index contributed by atoms with van der Waals surface area (Å²) in [6.45, 7) is 7.22. The predicted molar refractivity (Wildman–Crippen MR) is 90.9 cm³/mol. The first kappa shape index (κ1) is 16.0. The standard InChI is InChI=1S/C15H18BrClN2S/c1-4-18-14(8-15-19-9(2)10(3)20-15)11-5-6-12(16)13(17)7-11/h5-7,14,18H,4,8H2,1-3H3. The predicted octanol–water partition coefficient (Wildman–Crippen LogP) is 5.07. The van der Waals surface area contributed by atoms with Gasteiger partial charge in [-0.25, -0.2) is 4.98 Å². The molecule has 2 aromatic rings. The van der Waals surface area contributed by atoms with Crippen LogP contribution in [0.5, 0.6) is 0 Å². The van der Waals surface area contributed by atoms with Gasteiger partial charge < -0.3 is 5.32 Å². The van der Waals surface area contributed by atoms with Gasteiger partial charge in [0.2, 0.25) is 0 Å². The largest absolute Gasteiger partial charge is 0.310 e. The van der Waals surface area contributed by atoms with Crippen molar-refractivity contribution in [2.75, 3.05) is 6.54 Å². The summed E-state index contributed by atoms with van der Waals surface area (Å²) in [5.74, 6) is 0. The van der Waals surface area contributed by atoms with Crippen molar-refractivity contribution in [1.82, 2.24) is 10.3 Å². The fourth-order valence-electron chi connectivity index (χ4n) is 2.08. The van der Waals surface area contributed by atoms with Gasteiger partial charge in [0.15, 0.2) is 0 Å². The van der Waals surface area contributed by atoms with Crippen LogP contribution < -0.4 is 5.32 Å². The number of likely N-dealkylation sites (N-methyl/N-ethyl adjacent to an activating group) is 1. The minimum Gasteiger partial charge on any atom is -0.310 e. The molecular weight excluding hydrogens is 356 g/mol. The Morgan fingerprint density at radius 1 is 1.40 bits per heavy atom. The average Bonchev–Trinajstić information content (AvgIpc) is 2.71. The summed E-state index contributed by atoms with van der Waals surface area (Å²) in [6.07, 6.45) is 0.894. The van der Waals surface area contributed by atoms with Crippen LogP contribution in [-0.2, 0) is 6.42 Å². The van der Waals surface area contributed by atoms with Crippen LogP contribution >= 0.6 is 38.9 Å². The summed E-state index contributed by atoms with van der Waals surface area (Å²) in [5.41, 5.74) is 2.33. The quantitative estimate of drug-likeness (QED) is 0.791. The van der Waals surface area contributed by atoms with Gasteiger partial charge in [-0.05, 0) is 54.0 Å². The fraction of sp³-hybridized carbons (Fsp3) is 0.400. The van der Waals surface area contributed by atoms with Crippen molar-refractivity contribution in [2.45, 2.75) is 33.2 Å². The Hall–Kier alpha value is -0.420. The molecule has 0 radical (unpaired) electrons. The Kier molecular flexibility index (Phi) is 5.61. The van der Waals surface area contributed by atoms with Crippen molar-refractivity contribution in [2.24, 2.45) is 0 Å². The Morgan fingerprint density at radius 3 is 2.70 bits per heavy atom. The summed E-state index contributed by atoms with van der Waals surface area (Å²) in [6, 6.07) is 6.37. The minimum absolute atomic E-state index is 0.246. The molecule has 1 heterocycles. The SMILES string of the molecule is CCNC(Cc1nc(C)c(C)s1)c1ccc(Br)c(Cl)c1. The first-order valence-electron chi connectivity index (χ1n) is 6.62. The van der Waals surface area contributed by atoms with Gasteiger partial charge in [-0.2, -0.15) is 0 Å². The van der Waals surface area contributed by atoms with Crippen molar-refractivity contribution >= 4 is 38.9 Å². The Bertz CT molecular complexity index is 578. The maximum atomic E-state index is 6.20. The number of aromatic nitrogens is 1. The lowest BCUT2D eigenvalue weighted by molar-refractivity contribution is 0.548. The molecule has 0 amide bonds. The average molecular weight is 374 g/mol. The maximum Gasteiger partial charge on any atom is 0.0949 e. The van der Waals surface area contributed by atoms with Crippen LogP contribution in [0.2, 0.25) is 5.02 Å². The number of benzene rings is 1. The van der Waals surface area contributed by atoms with Gasteiger partial charge >= 0.3 is 0 Å². The smallest absolute Gasteiger partial charge is 0.0949 e. The van der Waals surface area contributed by atoms with E-state index in [2.05, 4.69) is 53.1 Å². The van der Waals surface area contributed by atoms with Gasteiger partial charge in [-0.1, -0.05) is 24.6 Å². The molecule has 0 saturated carbocycles. The van der Waals surface area contributed by atoms with E-state index >= 15 is 0 Å². The monoisotopic (exact) mass is 372 g/mol. The van der Waals surface area contributed by atoms with E-state index in [-0.39, 0.29) is 6.04 Å². The zero-order valence-corrected chi connectivity index (χ0v) is 15.0. The summed E-state index contributed by atoms with van der Waals surface area (Å²) in [5, 5.41) is 5.43. The van der Waals surface area contributed by atoms with Gasteiger partial charge in [0, 0.05) is 21.8 Å². The van der Waals surface area contributed by atoms with Crippen molar-refractivity contribution in [1.29, 1.82) is 0 Å². The van der Waals surface area contributed by atoms with Gasteiger partial charge in [0.05, 0.1) is 15.7 Å². The molecular formula is C15H18BrClN2S. The van der Waals surface area contributed by atoms with Gasteiger partial charge in [-0.3, -0.25) is 0 Å². The highest BCUT2D eigenvalue weighted by Crippen LogP contribution is 2.28. The number of nitrogens with zero attached hydrogens (tertiary/aromatic N) is 1. The molecule has 1 N–H and O–H groups in total. The number of aryl methyl sites for hydroxylation is 2. The highest BCUT2D eigenvalue weighted by atomic mass is 79.9. The van der Waals surface area contributed by atoms with Crippen LogP contribution in [0, 0.1) is 13.8 Å². The van der Waals surface area contributed by atoms with Crippen LogP contribution in [0.15, 0.2) is 22.7 Å². The zero-order valence-electron chi connectivity index (χ0n) is 11.8. The fourth-order valence-corrected chi connectivity index (χ4v) is 3.50. The van der Waals surface area contributed by atoms with E-state index in [4.69, 9.17) is 11.6 Å². The molecule has 0 saturated heterocycles. The Morgan fingerprint density at radius 2 is 2.15 bits per heavy atom. The van der Waals surface area contributed by atoms with Gasteiger partial charge in [0.1, 0.15) is 0 Å². The van der Waals surface area contributed by atoms with Gasteiger partial charge in [-0.15, -0.1) is 11.3 Å². The summed E-state index contributed by atoms with van der Waals surface area (Å²) in [4.78, 5) is 5.93. The van der Waals surface area contributed by atoms with E-state index in [0.29, 0.717) is 0 Å². The molecule has 1 aromatic heterocycles.